The Morgan fingerprint density at radius 3 is 2.52 bits per heavy atom. The largest absolute Gasteiger partial charge is 0.491 e. The van der Waals surface area contributed by atoms with E-state index in [1.807, 2.05) is 0 Å². The van der Waals surface area contributed by atoms with Gasteiger partial charge < -0.3 is 9.84 Å². The fraction of sp³-hybridized carbons (Fsp3) is 0.524. The number of carbonyl (C=O) groups excluding carboxylic acids is 2. The SMILES string of the molecule is CN1C(=O)C2C(=NC(=[N+]3CCCCC3)N2CC(O)COc2ccc(Cl)cc2)N(C)C1=O. The molecule has 31 heavy (non-hydrogen) atoms. The van der Waals surface area contributed by atoms with Gasteiger partial charge in [0.05, 0.1) is 19.6 Å². The number of carbonyl (C=O) groups is 2. The molecule has 4 rings (SSSR count). The Hall–Kier alpha value is -2.65. The van der Waals surface area contributed by atoms with Crippen LogP contribution in [0.4, 0.5) is 4.79 Å². The molecule has 2 fully saturated rings. The number of hydrogen-bond acceptors (Lipinski definition) is 4. The number of β-amino-alcohol motifs (C(OH)–C–C–N with tert-alkyl or cyclic N) is 1. The van der Waals surface area contributed by atoms with Crippen molar-refractivity contribution in [1.29, 1.82) is 0 Å². The lowest BCUT2D eigenvalue weighted by Crippen LogP contribution is -2.63. The Kier molecular flexibility index (Phi) is 6.15. The normalized spacial score (nSPS) is 22.6. The average Bonchev–Trinajstić information content (AvgIpc) is 3.15. The first-order valence-corrected chi connectivity index (χ1v) is 10.8. The summed E-state index contributed by atoms with van der Waals surface area (Å²) >= 11 is 5.89. The van der Waals surface area contributed by atoms with E-state index in [4.69, 9.17) is 16.3 Å². The van der Waals surface area contributed by atoms with Crippen molar-refractivity contribution in [3.63, 3.8) is 0 Å². The van der Waals surface area contributed by atoms with Crippen molar-refractivity contribution < 1.29 is 24.0 Å². The smallest absolute Gasteiger partial charge is 0.392 e. The van der Waals surface area contributed by atoms with Gasteiger partial charge in [0, 0.05) is 19.1 Å². The molecule has 0 radical (unpaired) electrons. The van der Waals surface area contributed by atoms with E-state index in [9.17, 15) is 14.7 Å². The van der Waals surface area contributed by atoms with Crippen molar-refractivity contribution in [3.8, 4) is 5.75 Å². The van der Waals surface area contributed by atoms with Crippen LogP contribution >= 0.6 is 11.6 Å². The van der Waals surface area contributed by atoms with E-state index in [1.54, 1.807) is 36.2 Å². The maximum absolute atomic E-state index is 13.0. The molecular formula is C21H27ClN5O4+. The van der Waals surface area contributed by atoms with Crippen LogP contribution in [0.15, 0.2) is 29.3 Å². The van der Waals surface area contributed by atoms with Crippen molar-refractivity contribution in [2.75, 3.05) is 40.3 Å². The van der Waals surface area contributed by atoms with E-state index in [2.05, 4.69) is 9.57 Å². The van der Waals surface area contributed by atoms with Gasteiger partial charge in [0.15, 0.2) is 0 Å². The molecule has 10 heteroatoms. The Labute approximate surface area is 186 Å². The number of imide groups is 1. The van der Waals surface area contributed by atoms with Crippen LogP contribution in [0.25, 0.3) is 0 Å². The summed E-state index contributed by atoms with van der Waals surface area (Å²) in [6.07, 6.45) is 2.36. The van der Waals surface area contributed by atoms with Crippen molar-refractivity contribution in [2.45, 2.75) is 31.4 Å². The zero-order valence-corrected chi connectivity index (χ0v) is 18.5. The number of rotatable bonds is 5. The molecule has 3 aliphatic heterocycles. The van der Waals surface area contributed by atoms with E-state index in [0.717, 1.165) is 37.3 Å². The monoisotopic (exact) mass is 448 g/mol. The van der Waals surface area contributed by atoms with Crippen LogP contribution in [-0.2, 0) is 4.79 Å². The quantitative estimate of drug-likeness (QED) is 0.684. The summed E-state index contributed by atoms with van der Waals surface area (Å²) in [5.74, 6) is 1.29. The van der Waals surface area contributed by atoms with Crippen molar-refractivity contribution in [3.05, 3.63) is 29.3 Å². The van der Waals surface area contributed by atoms with Gasteiger partial charge in [-0.3, -0.25) is 19.2 Å². The lowest BCUT2D eigenvalue weighted by atomic mass is 10.1. The fourth-order valence-corrected chi connectivity index (χ4v) is 4.25. The van der Waals surface area contributed by atoms with Crippen LogP contribution in [0.5, 0.6) is 5.75 Å². The second kappa shape index (κ2) is 8.84. The topological polar surface area (TPSA) is 88.7 Å². The molecule has 0 saturated carbocycles. The van der Waals surface area contributed by atoms with Crippen molar-refractivity contribution in [2.24, 2.45) is 4.99 Å². The van der Waals surface area contributed by atoms with Crippen LogP contribution in [0.2, 0.25) is 5.02 Å². The molecule has 1 N–H and O–H groups in total. The molecule has 0 bridgehead atoms. The maximum atomic E-state index is 13.0. The minimum atomic E-state index is -0.869. The highest BCUT2D eigenvalue weighted by Gasteiger charge is 2.55. The number of hydrogen-bond donors (Lipinski definition) is 1. The third-order valence-electron chi connectivity index (χ3n) is 5.81. The van der Waals surface area contributed by atoms with Crippen LogP contribution in [-0.4, -0.2) is 101 Å². The number of aliphatic imine (C=N–C) groups is 1. The summed E-state index contributed by atoms with van der Waals surface area (Å²) < 4.78 is 7.81. The predicted molar refractivity (Wildman–Crippen MR) is 116 cm³/mol. The summed E-state index contributed by atoms with van der Waals surface area (Å²) in [5.41, 5.74) is 0. The Bertz CT molecular complexity index is 924. The van der Waals surface area contributed by atoms with Crippen LogP contribution in [0.3, 0.4) is 0 Å². The number of aliphatic hydroxyl groups is 1. The standard InChI is InChI=1S/C21H27ClN5O4/c1-24-18-17(19(29)25(2)21(24)30)27(20(23-18)26-10-4-3-5-11-26)12-15(28)13-31-16-8-6-14(22)7-9-16/h6-9,15,17,28H,3-5,10-13H2,1-2H3/q+1. The number of amidine groups is 1. The third-order valence-corrected chi connectivity index (χ3v) is 6.06. The molecule has 2 atom stereocenters. The van der Waals surface area contributed by atoms with Gasteiger partial charge in [-0.1, -0.05) is 16.6 Å². The number of fused-ring (bicyclic) bond motifs is 1. The van der Waals surface area contributed by atoms with Gasteiger partial charge in [-0.2, -0.15) is 0 Å². The number of amides is 3. The number of halogens is 1. The highest BCUT2D eigenvalue weighted by Crippen LogP contribution is 2.24. The predicted octanol–water partition coefficient (Wildman–Crippen LogP) is 1.24. The second-order valence-electron chi connectivity index (χ2n) is 8.03. The van der Waals surface area contributed by atoms with E-state index < -0.39 is 18.2 Å². The molecule has 3 amide bonds. The molecule has 0 aliphatic carbocycles. The minimum absolute atomic E-state index is 0.0479. The maximum Gasteiger partial charge on any atom is 0.392 e. The number of ether oxygens (including phenoxy) is 1. The van der Waals surface area contributed by atoms with Gasteiger partial charge in [0.2, 0.25) is 11.9 Å². The average molecular weight is 449 g/mol. The summed E-state index contributed by atoms with van der Waals surface area (Å²) in [6, 6.07) is 5.75. The fourth-order valence-electron chi connectivity index (χ4n) is 4.12. The summed E-state index contributed by atoms with van der Waals surface area (Å²) in [6.45, 7) is 1.85. The molecule has 2 unspecified atom stereocenters. The van der Waals surface area contributed by atoms with Crippen LogP contribution in [0, 0.1) is 0 Å². The van der Waals surface area contributed by atoms with Gasteiger partial charge in [-0.05, 0) is 43.5 Å². The number of benzene rings is 1. The molecule has 3 aliphatic rings. The van der Waals surface area contributed by atoms with Gasteiger partial charge >= 0.3 is 12.0 Å². The van der Waals surface area contributed by atoms with Crippen LogP contribution < -0.4 is 4.74 Å². The summed E-state index contributed by atoms with van der Waals surface area (Å²) in [5, 5.41) is 11.3. The molecule has 9 nitrogen and oxygen atoms in total. The lowest BCUT2D eigenvalue weighted by Gasteiger charge is -2.33. The number of likely N-dealkylation sites (N-methyl/N-ethyl adjacent to an activating group) is 2. The lowest BCUT2D eigenvalue weighted by molar-refractivity contribution is -0.542. The number of piperidine rings is 1. The molecule has 0 aromatic heterocycles. The highest BCUT2D eigenvalue weighted by molar-refractivity contribution is 6.30. The molecule has 1 aromatic rings. The first-order valence-electron chi connectivity index (χ1n) is 10.5. The zero-order valence-electron chi connectivity index (χ0n) is 17.7. The minimum Gasteiger partial charge on any atom is -0.491 e. The van der Waals surface area contributed by atoms with Crippen molar-refractivity contribution >= 4 is 35.3 Å². The molecule has 1 aromatic carbocycles. The molecule has 0 spiro atoms. The first kappa shape index (κ1) is 21.6. The molecular weight excluding hydrogens is 422 g/mol. The van der Waals surface area contributed by atoms with E-state index in [-0.39, 0.29) is 19.1 Å². The Morgan fingerprint density at radius 1 is 1.16 bits per heavy atom. The van der Waals surface area contributed by atoms with Gasteiger partial charge in [0.1, 0.15) is 18.5 Å². The van der Waals surface area contributed by atoms with E-state index in [1.165, 1.54) is 11.9 Å². The van der Waals surface area contributed by atoms with E-state index in [0.29, 0.717) is 22.6 Å². The van der Waals surface area contributed by atoms with Crippen LogP contribution in [0.1, 0.15) is 19.3 Å². The summed E-state index contributed by atoms with van der Waals surface area (Å²) in [4.78, 5) is 34.4. The number of nitrogens with zero attached hydrogens (tertiary/aromatic N) is 5. The highest BCUT2D eigenvalue weighted by atomic mass is 35.5. The van der Waals surface area contributed by atoms with Gasteiger partial charge in [0.25, 0.3) is 5.91 Å². The summed E-state index contributed by atoms with van der Waals surface area (Å²) in [7, 11) is 3.09. The van der Waals surface area contributed by atoms with Crippen molar-refractivity contribution in [1.82, 2.24) is 14.7 Å². The zero-order chi connectivity index (χ0) is 22.1. The molecule has 166 valence electrons. The molecule has 2 saturated heterocycles. The third kappa shape index (κ3) is 4.24. The van der Waals surface area contributed by atoms with Gasteiger partial charge in [-0.15, -0.1) is 0 Å². The Morgan fingerprint density at radius 2 is 1.84 bits per heavy atom. The second-order valence-corrected chi connectivity index (χ2v) is 8.47. The molecule has 3 heterocycles. The number of urea groups is 1. The van der Waals surface area contributed by atoms with Gasteiger partial charge in [-0.25, -0.2) is 9.69 Å². The number of aliphatic hydroxyl groups excluding tert-OH is 1. The number of guanidine groups is 1. The van der Waals surface area contributed by atoms with E-state index >= 15 is 0 Å². The first-order chi connectivity index (χ1) is 14.9. The Balaban J connectivity index is 1.56.